The summed E-state index contributed by atoms with van der Waals surface area (Å²) in [4.78, 5) is 0. The quantitative estimate of drug-likeness (QED) is 0.894. The lowest BCUT2D eigenvalue weighted by molar-refractivity contribution is -0.118. The van der Waals surface area contributed by atoms with Crippen LogP contribution in [0.5, 0.6) is 0 Å². The third-order valence-corrected chi connectivity index (χ3v) is 5.19. The lowest BCUT2D eigenvalue weighted by atomic mass is 9.74. The summed E-state index contributed by atoms with van der Waals surface area (Å²) in [5, 5.41) is 0. The van der Waals surface area contributed by atoms with E-state index in [1.807, 2.05) is 20.8 Å². The molecule has 0 bridgehead atoms. The Bertz CT molecular complexity index is 517. The molecule has 1 N–H and O–H groups in total. The molecule has 2 atom stereocenters. The minimum Gasteiger partial charge on any atom is -0.242 e. The largest absolute Gasteiger partial charge is 0.248 e. The van der Waals surface area contributed by atoms with Gasteiger partial charge in [0.05, 0.1) is 15.7 Å². The molecule has 0 spiro atoms. The van der Waals surface area contributed by atoms with Crippen LogP contribution in [0.4, 0.5) is 13.2 Å². The van der Waals surface area contributed by atoms with Crippen molar-refractivity contribution in [3.05, 3.63) is 35.6 Å². The van der Waals surface area contributed by atoms with Crippen molar-refractivity contribution in [2.45, 2.75) is 50.3 Å². The molecule has 0 aliphatic heterocycles. The Morgan fingerprint density at radius 3 is 2.19 bits per heavy atom. The average Bonchev–Trinajstić information content (AvgIpc) is 2.33. The molecule has 2 nitrogen and oxygen atoms in total. The number of alkyl halides is 2. The van der Waals surface area contributed by atoms with Crippen LogP contribution < -0.4 is 4.72 Å². The Balaban J connectivity index is 2.19. The lowest BCUT2D eigenvalue weighted by Gasteiger charge is -2.41. The Morgan fingerprint density at radius 2 is 1.76 bits per heavy atom. The van der Waals surface area contributed by atoms with Gasteiger partial charge in [-0.3, -0.25) is 0 Å². The molecule has 0 heterocycles. The Labute approximate surface area is 125 Å². The molecule has 1 aliphatic carbocycles. The first-order chi connectivity index (χ1) is 9.58. The van der Waals surface area contributed by atoms with Crippen molar-refractivity contribution in [1.29, 1.82) is 0 Å². The first-order valence-electron chi connectivity index (χ1n) is 6.90. The number of hydrogen-bond donors (Lipinski definition) is 1. The summed E-state index contributed by atoms with van der Waals surface area (Å²) in [5.41, 5.74) is 0.689. The van der Waals surface area contributed by atoms with Gasteiger partial charge in [-0.05, 0) is 44.4 Å². The minimum atomic E-state index is -2.64. The van der Waals surface area contributed by atoms with E-state index in [-0.39, 0.29) is 24.6 Å². The second kappa shape index (κ2) is 5.72. The first-order valence-corrected chi connectivity index (χ1v) is 8.05. The molecule has 1 aromatic rings. The van der Waals surface area contributed by atoms with Gasteiger partial charge >= 0.3 is 0 Å². The van der Waals surface area contributed by atoms with Gasteiger partial charge in [-0.2, -0.15) is 0 Å². The molecular formula is C15H20F3NOS. The number of halogens is 3. The highest BCUT2D eigenvalue weighted by Crippen LogP contribution is 2.48. The maximum Gasteiger partial charge on any atom is 0.248 e. The van der Waals surface area contributed by atoms with Gasteiger partial charge in [0, 0.05) is 18.9 Å². The summed E-state index contributed by atoms with van der Waals surface area (Å²) in [5.74, 6) is -3.32. The van der Waals surface area contributed by atoms with Crippen LogP contribution in [0.3, 0.4) is 0 Å². The normalized spacial score (nSPS) is 21.6. The van der Waals surface area contributed by atoms with Gasteiger partial charge in [-0.1, -0.05) is 12.1 Å². The Morgan fingerprint density at radius 1 is 1.24 bits per heavy atom. The molecule has 21 heavy (non-hydrogen) atoms. The fourth-order valence-electron chi connectivity index (χ4n) is 2.34. The predicted octanol–water partition coefficient (Wildman–Crippen LogP) is 3.96. The van der Waals surface area contributed by atoms with Crippen molar-refractivity contribution in [3.63, 3.8) is 0 Å². The van der Waals surface area contributed by atoms with Crippen molar-refractivity contribution in [2.75, 3.05) is 0 Å². The van der Waals surface area contributed by atoms with Crippen LogP contribution in [0.25, 0.3) is 0 Å². The van der Waals surface area contributed by atoms with Crippen molar-refractivity contribution < 1.29 is 17.4 Å². The van der Waals surface area contributed by atoms with Gasteiger partial charge in [0.25, 0.3) is 0 Å². The highest BCUT2D eigenvalue weighted by molar-refractivity contribution is 7.84. The molecule has 0 amide bonds. The fourth-order valence-corrected chi connectivity index (χ4v) is 3.25. The van der Waals surface area contributed by atoms with Crippen molar-refractivity contribution in [2.24, 2.45) is 5.92 Å². The number of benzene rings is 1. The van der Waals surface area contributed by atoms with Gasteiger partial charge in [-0.15, -0.1) is 0 Å². The Kier molecular flexibility index (Phi) is 4.49. The van der Waals surface area contributed by atoms with Crippen LogP contribution in [0, 0.1) is 11.7 Å². The van der Waals surface area contributed by atoms with Crippen LogP contribution >= 0.6 is 0 Å². The van der Waals surface area contributed by atoms with Gasteiger partial charge < -0.3 is 0 Å². The number of nitrogens with one attached hydrogen (secondary N) is 1. The summed E-state index contributed by atoms with van der Waals surface area (Å²) >= 11 is 0. The number of hydrogen-bond acceptors (Lipinski definition) is 1. The summed E-state index contributed by atoms with van der Waals surface area (Å²) in [6, 6.07) is 5.25. The van der Waals surface area contributed by atoms with E-state index >= 15 is 0 Å². The average molecular weight is 319 g/mol. The fraction of sp³-hybridized carbons (Fsp3) is 0.600. The summed E-state index contributed by atoms with van der Waals surface area (Å²) in [6.45, 7) is 5.44. The second-order valence-electron chi connectivity index (χ2n) is 6.55. The molecule has 0 saturated heterocycles. The summed E-state index contributed by atoms with van der Waals surface area (Å²) in [7, 11) is -1.37. The summed E-state index contributed by atoms with van der Waals surface area (Å²) in [6.07, 6.45) is -0.466. The molecular weight excluding hydrogens is 299 g/mol. The standard InChI is InChI=1S/C15H20F3NOS/c1-14(2,3)21(20)19-13(11-8-15(17,18)9-11)10-4-6-12(16)7-5-10/h4-7,11,13,19H,8-9H2,1-3H3/t13?,21-/m0/s1. The van der Waals surface area contributed by atoms with Crippen LogP contribution in [0.2, 0.25) is 0 Å². The molecule has 1 saturated carbocycles. The van der Waals surface area contributed by atoms with E-state index in [2.05, 4.69) is 4.72 Å². The second-order valence-corrected chi connectivity index (χ2v) is 8.55. The molecule has 1 fully saturated rings. The monoisotopic (exact) mass is 319 g/mol. The minimum absolute atomic E-state index is 0.233. The molecule has 0 aromatic heterocycles. The molecule has 2 rings (SSSR count). The van der Waals surface area contributed by atoms with Gasteiger partial charge in [0.2, 0.25) is 5.92 Å². The van der Waals surface area contributed by atoms with E-state index in [9.17, 15) is 17.4 Å². The third kappa shape index (κ3) is 4.07. The highest BCUT2D eigenvalue weighted by atomic mass is 32.2. The molecule has 0 radical (unpaired) electrons. The van der Waals surface area contributed by atoms with Gasteiger partial charge in [-0.25, -0.2) is 22.1 Å². The van der Waals surface area contributed by atoms with E-state index < -0.39 is 27.7 Å². The predicted molar refractivity (Wildman–Crippen MR) is 77.8 cm³/mol. The molecule has 6 heteroatoms. The zero-order valence-electron chi connectivity index (χ0n) is 12.3. The van der Waals surface area contributed by atoms with E-state index in [1.54, 1.807) is 12.1 Å². The van der Waals surface area contributed by atoms with Crippen molar-refractivity contribution in [3.8, 4) is 0 Å². The number of rotatable bonds is 4. The van der Waals surface area contributed by atoms with Crippen LogP contribution in [0.1, 0.15) is 45.2 Å². The van der Waals surface area contributed by atoms with Crippen LogP contribution in [-0.2, 0) is 11.0 Å². The van der Waals surface area contributed by atoms with Gasteiger partial charge in [0.15, 0.2) is 0 Å². The summed E-state index contributed by atoms with van der Waals surface area (Å²) < 4.78 is 54.0. The van der Waals surface area contributed by atoms with Crippen molar-refractivity contribution >= 4 is 11.0 Å². The molecule has 118 valence electrons. The van der Waals surface area contributed by atoms with E-state index in [0.29, 0.717) is 5.56 Å². The zero-order chi connectivity index (χ0) is 15.8. The molecule has 1 aliphatic rings. The van der Waals surface area contributed by atoms with Gasteiger partial charge in [0.1, 0.15) is 5.82 Å². The zero-order valence-corrected chi connectivity index (χ0v) is 13.1. The van der Waals surface area contributed by atoms with E-state index in [0.717, 1.165) is 0 Å². The SMILES string of the molecule is CC(C)(C)[S@](=O)NC(c1ccc(F)cc1)C1CC(F)(F)C1. The highest BCUT2D eigenvalue weighted by Gasteiger charge is 2.49. The lowest BCUT2D eigenvalue weighted by Crippen LogP contribution is -2.46. The third-order valence-electron chi connectivity index (χ3n) is 3.61. The van der Waals surface area contributed by atoms with E-state index in [1.165, 1.54) is 12.1 Å². The van der Waals surface area contributed by atoms with E-state index in [4.69, 9.17) is 0 Å². The van der Waals surface area contributed by atoms with Crippen LogP contribution in [0.15, 0.2) is 24.3 Å². The first kappa shape index (κ1) is 16.5. The molecule has 1 unspecified atom stereocenters. The van der Waals surface area contributed by atoms with Crippen LogP contribution in [-0.4, -0.2) is 14.9 Å². The smallest absolute Gasteiger partial charge is 0.242 e. The Hall–Kier alpha value is -0.880. The topological polar surface area (TPSA) is 29.1 Å². The maximum atomic E-state index is 13.1. The maximum absolute atomic E-state index is 13.1. The molecule has 1 aromatic carbocycles. The van der Waals surface area contributed by atoms with Crippen molar-refractivity contribution in [1.82, 2.24) is 4.72 Å².